The Morgan fingerprint density at radius 3 is 2.57 bits per heavy atom. The van der Waals surface area contributed by atoms with Gasteiger partial charge in [0.1, 0.15) is 0 Å². The van der Waals surface area contributed by atoms with Crippen LogP contribution in [0, 0.1) is 16.0 Å². The lowest BCUT2D eigenvalue weighted by Gasteiger charge is -2.16. The van der Waals surface area contributed by atoms with Crippen molar-refractivity contribution in [3.63, 3.8) is 0 Å². The van der Waals surface area contributed by atoms with E-state index in [4.69, 9.17) is 27.9 Å². The summed E-state index contributed by atoms with van der Waals surface area (Å²) in [6.07, 6.45) is -0.0858. The smallest absolute Gasteiger partial charge is 0.311 e. The molecule has 2 aromatic rings. The number of hydrogen-bond donors (Lipinski definition) is 1. The average molecular weight is 452 g/mol. The molecule has 9 nitrogen and oxygen atoms in total. The second-order valence-corrected chi connectivity index (χ2v) is 7.22. The number of nitrogens with zero attached hydrogens (tertiary/aromatic N) is 2. The molecule has 1 atom stereocenters. The van der Waals surface area contributed by atoms with E-state index in [9.17, 15) is 24.5 Å². The number of amides is 2. The van der Waals surface area contributed by atoms with Gasteiger partial charge in [0.2, 0.25) is 5.91 Å². The first-order valence-electron chi connectivity index (χ1n) is 8.71. The van der Waals surface area contributed by atoms with Crippen LogP contribution in [-0.2, 0) is 19.1 Å². The molecule has 1 N–H and O–H groups in total. The molecule has 0 unspecified atom stereocenters. The molecular weight excluding hydrogens is 437 g/mol. The van der Waals surface area contributed by atoms with Gasteiger partial charge in [-0.25, -0.2) is 0 Å². The molecule has 0 radical (unpaired) electrons. The first kappa shape index (κ1) is 21.5. The maximum Gasteiger partial charge on any atom is 0.311 e. The minimum Gasteiger partial charge on any atom is -0.455 e. The number of non-ortho nitro benzene ring substituents is 1. The number of benzene rings is 2. The second-order valence-electron chi connectivity index (χ2n) is 6.44. The highest BCUT2D eigenvalue weighted by atomic mass is 35.5. The molecule has 0 aromatic heterocycles. The van der Waals surface area contributed by atoms with Gasteiger partial charge in [-0.15, -0.1) is 0 Å². The molecule has 3 rings (SSSR count). The van der Waals surface area contributed by atoms with Gasteiger partial charge < -0.3 is 15.0 Å². The van der Waals surface area contributed by atoms with Crippen LogP contribution in [0.15, 0.2) is 42.5 Å². The van der Waals surface area contributed by atoms with Crippen molar-refractivity contribution in [2.45, 2.75) is 6.42 Å². The summed E-state index contributed by atoms with van der Waals surface area (Å²) in [5, 5.41) is 13.7. The highest BCUT2D eigenvalue weighted by molar-refractivity contribution is 6.44. The van der Waals surface area contributed by atoms with Crippen molar-refractivity contribution in [3.8, 4) is 0 Å². The van der Waals surface area contributed by atoms with Crippen molar-refractivity contribution in [3.05, 3.63) is 62.6 Å². The summed E-state index contributed by atoms with van der Waals surface area (Å²) in [6, 6.07) is 10.1. The molecule has 1 saturated heterocycles. The number of ether oxygens (including phenoxy) is 1. The topological polar surface area (TPSA) is 119 Å². The van der Waals surface area contributed by atoms with Crippen LogP contribution in [0.5, 0.6) is 0 Å². The molecule has 11 heteroatoms. The molecule has 0 spiro atoms. The Hall–Kier alpha value is -3.17. The maximum atomic E-state index is 12.3. The summed E-state index contributed by atoms with van der Waals surface area (Å²) < 4.78 is 5.02. The van der Waals surface area contributed by atoms with E-state index in [1.807, 2.05) is 0 Å². The van der Waals surface area contributed by atoms with Gasteiger partial charge in [-0.2, -0.15) is 0 Å². The summed E-state index contributed by atoms with van der Waals surface area (Å²) in [4.78, 5) is 48.1. The summed E-state index contributed by atoms with van der Waals surface area (Å²) in [7, 11) is 0. The zero-order chi connectivity index (χ0) is 21.8. The third kappa shape index (κ3) is 4.87. The first-order chi connectivity index (χ1) is 14.3. The highest BCUT2D eigenvalue weighted by Crippen LogP contribution is 2.30. The number of esters is 1. The van der Waals surface area contributed by atoms with Crippen LogP contribution in [0.4, 0.5) is 17.1 Å². The number of nitrogens with one attached hydrogen (secondary N) is 1. The van der Waals surface area contributed by atoms with Crippen LogP contribution < -0.4 is 10.2 Å². The van der Waals surface area contributed by atoms with Crippen molar-refractivity contribution in [1.29, 1.82) is 0 Å². The van der Waals surface area contributed by atoms with Gasteiger partial charge in [-0.3, -0.25) is 24.5 Å². The molecule has 1 aliphatic rings. The number of carbonyl (C=O) groups excluding carboxylic acids is 3. The van der Waals surface area contributed by atoms with E-state index in [0.717, 1.165) is 0 Å². The molecule has 30 heavy (non-hydrogen) atoms. The quantitative estimate of drug-likeness (QED) is 0.408. The molecule has 0 saturated carbocycles. The Morgan fingerprint density at radius 2 is 1.90 bits per heavy atom. The molecule has 2 amide bonds. The van der Waals surface area contributed by atoms with Gasteiger partial charge in [0, 0.05) is 30.8 Å². The third-order valence-corrected chi connectivity index (χ3v) is 5.22. The largest absolute Gasteiger partial charge is 0.455 e. The van der Waals surface area contributed by atoms with E-state index < -0.39 is 29.3 Å². The third-order valence-electron chi connectivity index (χ3n) is 4.40. The fraction of sp³-hybridized carbons (Fsp3) is 0.211. The molecule has 1 aliphatic heterocycles. The Bertz CT molecular complexity index is 1010. The average Bonchev–Trinajstić information content (AvgIpc) is 3.11. The number of hydrogen-bond acceptors (Lipinski definition) is 6. The van der Waals surface area contributed by atoms with Crippen molar-refractivity contribution >= 4 is 58.0 Å². The van der Waals surface area contributed by atoms with Crippen molar-refractivity contribution in [1.82, 2.24) is 0 Å². The van der Waals surface area contributed by atoms with Crippen LogP contribution in [0.25, 0.3) is 0 Å². The van der Waals surface area contributed by atoms with Gasteiger partial charge in [0.25, 0.3) is 11.6 Å². The molecule has 0 bridgehead atoms. The second kappa shape index (κ2) is 9.10. The first-order valence-corrected chi connectivity index (χ1v) is 9.47. The number of nitro benzene ring substituents is 1. The van der Waals surface area contributed by atoms with Crippen molar-refractivity contribution in [2.75, 3.05) is 23.4 Å². The van der Waals surface area contributed by atoms with E-state index in [1.54, 1.807) is 18.2 Å². The Labute approximate surface area is 180 Å². The summed E-state index contributed by atoms with van der Waals surface area (Å²) in [5.41, 5.74) is 0.618. The fourth-order valence-corrected chi connectivity index (χ4v) is 3.26. The lowest BCUT2D eigenvalue weighted by Crippen LogP contribution is -2.28. The van der Waals surface area contributed by atoms with E-state index >= 15 is 0 Å². The number of halogens is 2. The Kier molecular flexibility index (Phi) is 6.53. The predicted molar refractivity (Wildman–Crippen MR) is 110 cm³/mol. The van der Waals surface area contributed by atoms with Crippen molar-refractivity contribution < 1.29 is 24.0 Å². The van der Waals surface area contributed by atoms with Crippen LogP contribution in [0.1, 0.15) is 6.42 Å². The number of carbonyl (C=O) groups is 3. The predicted octanol–water partition coefficient (Wildman–Crippen LogP) is 3.44. The SMILES string of the molecule is O=C(COC(=O)[C@@H]1CC(=O)N(c2ccc([N+](=O)[O-])cc2)C1)Nc1cccc(Cl)c1Cl. The Balaban J connectivity index is 1.54. The van der Waals surface area contributed by atoms with Crippen molar-refractivity contribution in [2.24, 2.45) is 5.92 Å². The molecular formula is C19H15Cl2N3O6. The molecule has 1 heterocycles. The standard InChI is InChI=1S/C19H15Cl2N3O6/c20-14-2-1-3-15(18(14)21)22-16(25)10-30-19(27)11-8-17(26)23(9-11)12-4-6-13(7-5-12)24(28)29/h1-7,11H,8-10H2,(H,22,25)/t11-/m1/s1. The number of anilines is 2. The molecule has 1 fully saturated rings. The zero-order valence-corrected chi connectivity index (χ0v) is 16.9. The van der Waals surface area contributed by atoms with Gasteiger partial charge in [0.15, 0.2) is 6.61 Å². The summed E-state index contributed by atoms with van der Waals surface area (Å²) >= 11 is 11.9. The maximum absolute atomic E-state index is 12.3. The molecule has 156 valence electrons. The number of nitro groups is 1. The van der Waals surface area contributed by atoms with E-state index in [1.165, 1.54) is 29.2 Å². The van der Waals surface area contributed by atoms with Gasteiger partial charge in [0.05, 0.1) is 26.6 Å². The number of rotatable bonds is 6. The van der Waals surface area contributed by atoms with E-state index in [0.29, 0.717) is 5.69 Å². The van der Waals surface area contributed by atoms with Gasteiger partial charge >= 0.3 is 5.97 Å². The minimum atomic E-state index is -0.754. The van der Waals surface area contributed by atoms with Crippen LogP contribution in [0.3, 0.4) is 0 Å². The molecule has 2 aromatic carbocycles. The Morgan fingerprint density at radius 1 is 1.20 bits per heavy atom. The lowest BCUT2D eigenvalue weighted by molar-refractivity contribution is -0.384. The van der Waals surface area contributed by atoms with Crippen LogP contribution in [0.2, 0.25) is 10.0 Å². The van der Waals surface area contributed by atoms with E-state index in [2.05, 4.69) is 5.32 Å². The van der Waals surface area contributed by atoms with Crippen LogP contribution in [-0.4, -0.2) is 35.9 Å². The van der Waals surface area contributed by atoms with Gasteiger partial charge in [-0.1, -0.05) is 29.3 Å². The fourth-order valence-electron chi connectivity index (χ4n) is 2.91. The monoisotopic (exact) mass is 451 g/mol. The lowest BCUT2D eigenvalue weighted by atomic mass is 10.1. The van der Waals surface area contributed by atoms with Gasteiger partial charge in [-0.05, 0) is 24.3 Å². The normalized spacial score (nSPS) is 15.7. The summed E-state index contributed by atoms with van der Waals surface area (Å²) in [6.45, 7) is -0.499. The summed E-state index contributed by atoms with van der Waals surface area (Å²) in [5.74, 6) is -2.37. The van der Waals surface area contributed by atoms with E-state index in [-0.39, 0.29) is 40.3 Å². The van der Waals surface area contributed by atoms with Crippen LogP contribution >= 0.6 is 23.2 Å². The minimum absolute atomic E-state index is 0.0528. The highest BCUT2D eigenvalue weighted by Gasteiger charge is 2.36. The zero-order valence-electron chi connectivity index (χ0n) is 15.3. The molecule has 0 aliphatic carbocycles.